The summed E-state index contributed by atoms with van der Waals surface area (Å²) in [5.74, 6) is -0.594. The minimum Gasteiger partial charge on any atom is -0.275 e. The maximum atomic E-state index is 12.5. The highest BCUT2D eigenvalue weighted by atomic mass is 79.9. The van der Waals surface area contributed by atoms with Crippen LogP contribution in [0.2, 0.25) is 0 Å². The number of hydrogen-bond donors (Lipinski definition) is 0. The number of carbonyl (C=O) groups excluding carboxylic acids is 2. The maximum Gasteiger partial charge on any atom is 0.261 e. The van der Waals surface area contributed by atoms with E-state index < -0.39 is 0 Å². The van der Waals surface area contributed by atoms with E-state index >= 15 is 0 Å². The van der Waals surface area contributed by atoms with Crippen molar-refractivity contribution in [3.63, 3.8) is 0 Å². The molecular weight excluding hydrogens is 306 g/mol. The normalized spacial score (nSPS) is 10.1. The first-order chi connectivity index (χ1) is 8.99. The van der Waals surface area contributed by atoms with Crippen molar-refractivity contribution < 1.29 is 9.59 Å². The predicted octanol–water partition coefficient (Wildman–Crippen LogP) is 3.79. The van der Waals surface area contributed by atoms with E-state index in [4.69, 9.17) is 0 Å². The van der Waals surface area contributed by atoms with Gasteiger partial charge in [0.05, 0.1) is 5.56 Å². The van der Waals surface area contributed by atoms with Crippen LogP contribution >= 0.6 is 15.9 Å². The first-order valence-electron chi connectivity index (χ1n) is 6.25. The lowest BCUT2D eigenvalue weighted by atomic mass is 10.1. The van der Waals surface area contributed by atoms with E-state index in [2.05, 4.69) is 22.5 Å². The Kier molecular flexibility index (Phi) is 5.96. The van der Waals surface area contributed by atoms with Crippen LogP contribution in [0.5, 0.6) is 0 Å². The van der Waals surface area contributed by atoms with E-state index in [-0.39, 0.29) is 11.8 Å². The zero-order valence-electron chi connectivity index (χ0n) is 11.3. The number of hydrogen-bond acceptors (Lipinski definition) is 2. The fourth-order valence-corrected chi connectivity index (χ4v) is 2.08. The molecule has 1 aromatic carbocycles. The lowest BCUT2D eigenvalue weighted by Gasteiger charge is -2.21. The Balaban J connectivity index is 3.04. The highest BCUT2D eigenvalue weighted by Crippen LogP contribution is 2.19. The molecule has 19 heavy (non-hydrogen) atoms. The van der Waals surface area contributed by atoms with Crippen LogP contribution in [0.25, 0.3) is 0 Å². The molecule has 0 saturated heterocycles. The van der Waals surface area contributed by atoms with Crippen LogP contribution in [0.4, 0.5) is 0 Å². The van der Waals surface area contributed by atoms with Gasteiger partial charge in [-0.15, -0.1) is 0 Å². The Bertz CT molecular complexity index is 497. The molecule has 0 spiro atoms. The average molecular weight is 324 g/mol. The molecule has 0 bridgehead atoms. The van der Waals surface area contributed by atoms with Crippen molar-refractivity contribution in [2.75, 3.05) is 6.54 Å². The maximum absolute atomic E-state index is 12.5. The lowest BCUT2D eigenvalue weighted by Crippen LogP contribution is -2.38. The second kappa shape index (κ2) is 7.24. The summed E-state index contributed by atoms with van der Waals surface area (Å²) in [6.45, 7) is 7.69. The molecule has 0 aromatic heterocycles. The third-order valence-electron chi connectivity index (χ3n) is 2.69. The Morgan fingerprint density at radius 2 is 1.95 bits per heavy atom. The molecule has 1 rings (SSSR count). The first-order valence-corrected chi connectivity index (χ1v) is 7.04. The van der Waals surface area contributed by atoms with Gasteiger partial charge in [0.2, 0.25) is 0 Å². The summed E-state index contributed by atoms with van der Waals surface area (Å²) in [6, 6.07) is 7.10. The molecule has 4 heteroatoms. The van der Waals surface area contributed by atoms with Crippen LogP contribution in [0, 0.1) is 0 Å². The Hall–Kier alpha value is -1.42. The minimum absolute atomic E-state index is 0.283. The van der Waals surface area contributed by atoms with Crippen LogP contribution in [0.15, 0.2) is 40.9 Å². The van der Waals surface area contributed by atoms with Gasteiger partial charge in [0.25, 0.3) is 11.8 Å². The van der Waals surface area contributed by atoms with Gasteiger partial charge in [0.15, 0.2) is 0 Å². The van der Waals surface area contributed by atoms with Crippen molar-refractivity contribution in [3.05, 3.63) is 46.5 Å². The quantitative estimate of drug-likeness (QED) is 0.773. The van der Waals surface area contributed by atoms with E-state index in [0.29, 0.717) is 22.2 Å². The summed E-state index contributed by atoms with van der Waals surface area (Å²) in [5.41, 5.74) is 0.865. The Morgan fingerprint density at radius 1 is 1.32 bits per heavy atom. The van der Waals surface area contributed by atoms with Crippen LogP contribution in [0.3, 0.4) is 0 Å². The van der Waals surface area contributed by atoms with Gasteiger partial charge >= 0.3 is 0 Å². The third kappa shape index (κ3) is 4.03. The van der Waals surface area contributed by atoms with Crippen LogP contribution in [-0.2, 0) is 4.79 Å². The highest BCUT2D eigenvalue weighted by Gasteiger charge is 2.23. The van der Waals surface area contributed by atoms with Crippen LogP contribution in [-0.4, -0.2) is 23.3 Å². The molecule has 0 N–H and O–H groups in total. The van der Waals surface area contributed by atoms with E-state index in [1.807, 2.05) is 13.0 Å². The van der Waals surface area contributed by atoms with Crippen molar-refractivity contribution in [1.29, 1.82) is 0 Å². The summed E-state index contributed by atoms with van der Waals surface area (Å²) in [5, 5.41) is 0. The van der Waals surface area contributed by atoms with E-state index in [9.17, 15) is 9.59 Å². The number of carbonyl (C=O) groups is 2. The fourth-order valence-electron chi connectivity index (χ4n) is 1.62. The molecule has 0 unspecified atom stereocenters. The molecular formula is C15H18BrNO2. The zero-order valence-corrected chi connectivity index (χ0v) is 12.9. The molecule has 2 amide bonds. The molecule has 0 radical (unpaired) electrons. The number of nitrogens with zero attached hydrogens (tertiary/aromatic N) is 1. The molecule has 0 aliphatic carbocycles. The van der Waals surface area contributed by atoms with Crippen molar-refractivity contribution in [3.8, 4) is 0 Å². The number of halogens is 1. The molecule has 102 valence electrons. The molecule has 0 fully saturated rings. The lowest BCUT2D eigenvalue weighted by molar-refractivity contribution is -0.124. The smallest absolute Gasteiger partial charge is 0.261 e. The Morgan fingerprint density at radius 3 is 2.47 bits per heavy atom. The second-order valence-electron chi connectivity index (χ2n) is 4.38. The van der Waals surface area contributed by atoms with E-state index in [1.165, 1.54) is 4.90 Å². The number of unbranched alkanes of at least 4 members (excludes halogenated alkanes) is 1. The van der Waals surface area contributed by atoms with Crippen molar-refractivity contribution >= 4 is 27.7 Å². The summed E-state index contributed by atoms with van der Waals surface area (Å²) < 4.78 is 0.691. The van der Waals surface area contributed by atoms with Gasteiger partial charge in [0, 0.05) is 16.6 Å². The van der Waals surface area contributed by atoms with Crippen molar-refractivity contribution in [1.82, 2.24) is 4.90 Å². The third-order valence-corrected chi connectivity index (χ3v) is 3.39. The van der Waals surface area contributed by atoms with Crippen LogP contribution in [0.1, 0.15) is 37.0 Å². The number of rotatable bonds is 5. The molecule has 0 saturated carbocycles. The SMILES string of the molecule is C=C(C)C(=O)N(CCCC)C(=O)c1ccccc1Br. The second-order valence-corrected chi connectivity index (χ2v) is 5.23. The molecule has 3 nitrogen and oxygen atoms in total. The topological polar surface area (TPSA) is 37.4 Å². The number of benzene rings is 1. The van der Waals surface area contributed by atoms with Crippen molar-refractivity contribution in [2.45, 2.75) is 26.7 Å². The van der Waals surface area contributed by atoms with Gasteiger partial charge in [-0.05, 0) is 41.4 Å². The molecule has 0 atom stereocenters. The number of amides is 2. The zero-order chi connectivity index (χ0) is 14.4. The largest absolute Gasteiger partial charge is 0.275 e. The molecule has 0 heterocycles. The van der Waals surface area contributed by atoms with Gasteiger partial charge < -0.3 is 0 Å². The van der Waals surface area contributed by atoms with Crippen molar-refractivity contribution in [2.24, 2.45) is 0 Å². The fraction of sp³-hybridized carbons (Fsp3) is 0.333. The molecule has 1 aromatic rings. The van der Waals surface area contributed by atoms with E-state index in [1.54, 1.807) is 25.1 Å². The van der Waals surface area contributed by atoms with E-state index in [0.717, 1.165) is 12.8 Å². The summed E-state index contributed by atoms with van der Waals surface area (Å²) in [4.78, 5) is 25.8. The average Bonchev–Trinajstić information content (AvgIpc) is 2.39. The predicted molar refractivity (Wildman–Crippen MR) is 79.9 cm³/mol. The highest BCUT2D eigenvalue weighted by molar-refractivity contribution is 9.10. The number of imide groups is 1. The summed E-state index contributed by atoms with van der Waals surface area (Å²) in [6.07, 6.45) is 1.71. The van der Waals surface area contributed by atoms with Gasteiger partial charge in [-0.1, -0.05) is 32.1 Å². The van der Waals surface area contributed by atoms with Gasteiger partial charge in [-0.2, -0.15) is 0 Å². The standard InChI is InChI=1S/C15H18BrNO2/c1-4-5-10-17(14(18)11(2)3)15(19)12-8-6-7-9-13(12)16/h6-9H,2,4-5,10H2,1,3H3. The minimum atomic E-state index is -0.311. The first kappa shape index (κ1) is 15.6. The summed E-state index contributed by atoms with van der Waals surface area (Å²) in [7, 11) is 0. The molecule has 0 aliphatic heterocycles. The Labute approximate surface area is 122 Å². The van der Waals surface area contributed by atoms with Gasteiger partial charge in [-0.25, -0.2) is 0 Å². The monoisotopic (exact) mass is 323 g/mol. The van der Waals surface area contributed by atoms with Gasteiger partial charge in [0.1, 0.15) is 0 Å². The molecule has 0 aliphatic rings. The van der Waals surface area contributed by atoms with Gasteiger partial charge in [-0.3, -0.25) is 14.5 Å². The van der Waals surface area contributed by atoms with Crippen LogP contribution < -0.4 is 0 Å². The summed E-state index contributed by atoms with van der Waals surface area (Å²) >= 11 is 3.34.